The van der Waals surface area contributed by atoms with Crippen molar-refractivity contribution < 1.29 is 9.53 Å². The molecule has 0 unspecified atom stereocenters. The van der Waals surface area contributed by atoms with Crippen molar-refractivity contribution in [2.75, 3.05) is 6.54 Å². The summed E-state index contributed by atoms with van der Waals surface area (Å²) in [4.78, 5) is 12.2. The molecule has 5 nitrogen and oxygen atoms in total. The molecular weight excluding hydrogens is 385 g/mol. The number of nitrogens with zero attached hydrogens (tertiary/aromatic N) is 2. The summed E-state index contributed by atoms with van der Waals surface area (Å²) in [5, 5.41) is 8.28. The first-order valence-corrected chi connectivity index (χ1v) is 9.29. The van der Waals surface area contributed by atoms with Crippen molar-refractivity contribution >= 4 is 29.1 Å². The fourth-order valence-corrected chi connectivity index (χ4v) is 2.74. The molecule has 0 fully saturated rings. The van der Waals surface area contributed by atoms with Crippen LogP contribution in [0.3, 0.4) is 0 Å². The Labute approximate surface area is 167 Å². The minimum atomic E-state index is -0.0985. The average molecular weight is 404 g/mol. The molecule has 0 saturated heterocycles. The standard InChI is InChI=1S/C20H19Cl2N3O2/c21-17-6-8-19(9-7-17)27-14-15-2-4-16(5-3-15)20(26)23-10-1-11-25-13-18(22)12-24-25/h2-9,12-13H,1,10-11,14H2,(H,23,26). The predicted octanol–water partition coefficient (Wildman–Crippen LogP) is 4.59. The number of carbonyl (C=O) groups is 1. The van der Waals surface area contributed by atoms with Crippen LogP contribution in [0.5, 0.6) is 5.75 Å². The van der Waals surface area contributed by atoms with E-state index in [9.17, 15) is 4.79 Å². The van der Waals surface area contributed by atoms with Crippen LogP contribution in [0, 0.1) is 0 Å². The number of hydrogen-bond acceptors (Lipinski definition) is 3. The molecule has 7 heteroatoms. The smallest absolute Gasteiger partial charge is 0.251 e. The van der Waals surface area contributed by atoms with Crippen molar-refractivity contribution in [3.05, 3.63) is 82.1 Å². The van der Waals surface area contributed by atoms with E-state index in [1.54, 1.807) is 41.3 Å². The van der Waals surface area contributed by atoms with Gasteiger partial charge in [0.1, 0.15) is 12.4 Å². The van der Waals surface area contributed by atoms with Gasteiger partial charge in [-0.2, -0.15) is 5.10 Å². The number of hydrogen-bond donors (Lipinski definition) is 1. The number of benzene rings is 2. The van der Waals surface area contributed by atoms with Gasteiger partial charge in [0.05, 0.1) is 11.2 Å². The van der Waals surface area contributed by atoms with Crippen LogP contribution in [-0.4, -0.2) is 22.2 Å². The van der Waals surface area contributed by atoms with Crippen molar-refractivity contribution in [1.29, 1.82) is 0 Å². The molecule has 1 aromatic heterocycles. The van der Waals surface area contributed by atoms with Crippen molar-refractivity contribution in [2.24, 2.45) is 0 Å². The van der Waals surface area contributed by atoms with E-state index in [0.29, 0.717) is 35.3 Å². The van der Waals surface area contributed by atoms with E-state index in [1.165, 1.54) is 0 Å². The lowest BCUT2D eigenvalue weighted by Gasteiger charge is -2.08. The molecule has 0 atom stereocenters. The highest BCUT2D eigenvalue weighted by molar-refractivity contribution is 6.30. The highest BCUT2D eigenvalue weighted by Crippen LogP contribution is 2.17. The quantitative estimate of drug-likeness (QED) is 0.559. The van der Waals surface area contributed by atoms with Crippen molar-refractivity contribution in [2.45, 2.75) is 19.6 Å². The summed E-state index contributed by atoms with van der Waals surface area (Å²) in [6.45, 7) is 1.70. The van der Waals surface area contributed by atoms with Gasteiger partial charge in [0.15, 0.2) is 0 Å². The minimum absolute atomic E-state index is 0.0985. The number of carbonyl (C=O) groups excluding carboxylic acids is 1. The lowest BCUT2D eigenvalue weighted by Crippen LogP contribution is -2.25. The van der Waals surface area contributed by atoms with Crippen LogP contribution in [0.4, 0.5) is 0 Å². The van der Waals surface area contributed by atoms with E-state index in [1.807, 2.05) is 24.3 Å². The van der Waals surface area contributed by atoms with Gasteiger partial charge in [0.25, 0.3) is 5.91 Å². The Bertz CT molecular complexity index is 877. The van der Waals surface area contributed by atoms with Crippen LogP contribution in [0.2, 0.25) is 10.0 Å². The SMILES string of the molecule is O=C(NCCCn1cc(Cl)cn1)c1ccc(COc2ccc(Cl)cc2)cc1. The molecule has 1 amide bonds. The number of nitrogens with one attached hydrogen (secondary N) is 1. The number of ether oxygens (including phenoxy) is 1. The van der Waals surface area contributed by atoms with Gasteiger partial charge in [-0.05, 0) is 48.4 Å². The highest BCUT2D eigenvalue weighted by Gasteiger charge is 2.05. The first kappa shape index (κ1) is 19.3. The van der Waals surface area contributed by atoms with E-state index in [-0.39, 0.29) is 5.91 Å². The van der Waals surface area contributed by atoms with Crippen LogP contribution in [-0.2, 0) is 13.2 Å². The van der Waals surface area contributed by atoms with Gasteiger partial charge < -0.3 is 10.1 Å². The van der Waals surface area contributed by atoms with E-state index < -0.39 is 0 Å². The number of rotatable bonds is 8. The first-order valence-electron chi connectivity index (χ1n) is 8.53. The van der Waals surface area contributed by atoms with Crippen LogP contribution in [0.25, 0.3) is 0 Å². The monoisotopic (exact) mass is 403 g/mol. The van der Waals surface area contributed by atoms with Crippen LogP contribution >= 0.6 is 23.2 Å². The largest absolute Gasteiger partial charge is 0.489 e. The summed E-state index contributed by atoms with van der Waals surface area (Å²) in [6.07, 6.45) is 4.13. The Morgan fingerprint density at radius 1 is 1.04 bits per heavy atom. The lowest BCUT2D eigenvalue weighted by atomic mass is 10.1. The average Bonchev–Trinajstić information content (AvgIpc) is 3.10. The Morgan fingerprint density at radius 3 is 2.44 bits per heavy atom. The van der Waals surface area contributed by atoms with Crippen molar-refractivity contribution in [3.8, 4) is 5.75 Å². The van der Waals surface area contributed by atoms with Crippen molar-refractivity contribution in [1.82, 2.24) is 15.1 Å². The summed E-state index contributed by atoms with van der Waals surface area (Å²) >= 11 is 11.7. The zero-order chi connectivity index (χ0) is 19.1. The third-order valence-corrected chi connectivity index (χ3v) is 4.33. The maximum absolute atomic E-state index is 12.2. The number of aromatic nitrogens is 2. The first-order chi connectivity index (χ1) is 13.1. The van der Waals surface area contributed by atoms with Crippen LogP contribution in [0.1, 0.15) is 22.3 Å². The molecule has 2 aromatic carbocycles. The molecule has 3 aromatic rings. The summed E-state index contributed by atoms with van der Waals surface area (Å²) in [6, 6.07) is 14.6. The second-order valence-electron chi connectivity index (χ2n) is 5.97. The summed E-state index contributed by atoms with van der Waals surface area (Å²) in [7, 11) is 0. The third-order valence-electron chi connectivity index (χ3n) is 3.89. The summed E-state index contributed by atoms with van der Waals surface area (Å²) < 4.78 is 7.45. The molecule has 0 aliphatic heterocycles. The Morgan fingerprint density at radius 2 is 1.78 bits per heavy atom. The van der Waals surface area contributed by atoms with Gasteiger partial charge >= 0.3 is 0 Å². The van der Waals surface area contributed by atoms with Gasteiger partial charge in [0, 0.05) is 29.9 Å². The van der Waals surface area contributed by atoms with E-state index in [2.05, 4.69) is 10.4 Å². The molecule has 0 radical (unpaired) electrons. The second-order valence-corrected chi connectivity index (χ2v) is 6.84. The number of halogens is 2. The predicted molar refractivity (Wildman–Crippen MR) is 106 cm³/mol. The molecule has 0 saturated carbocycles. The number of aryl methyl sites for hydroxylation is 1. The molecule has 0 aliphatic rings. The van der Waals surface area contributed by atoms with Gasteiger partial charge in [-0.3, -0.25) is 9.48 Å². The molecule has 27 heavy (non-hydrogen) atoms. The summed E-state index contributed by atoms with van der Waals surface area (Å²) in [5.74, 6) is 0.651. The molecule has 0 spiro atoms. The fourth-order valence-electron chi connectivity index (χ4n) is 2.46. The van der Waals surface area contributed by atoms with E-state index in [0.717, 1.165) is 17.7 Å². The van der Waals surface area contributed by atoms with Gasteiger partial charge in [-0.15, -0.1) is 0 Å². The van der Waals surface area contributed by atoms with E-state index in [4.69, 9.17) is 27.9 Å². The topological polar surface area (TPSA) is 56.2 Å². The maximum Gasteiger partial charge on any atom is 0.251 e. The minimum Gasteiger partial charge on any atom is -0.489 e. The fraction of sp³-hybridized carbons (Fsp3) is 0.200. The molecule has 3 rings (SSSR count). The maximum atomic E-state index is 12.2. The van der Waals surface area contributed by atoms with Gasteiger partial charge in [-0.25, -0.2) is 0 Å². The lowest BCUT2D eigenvalue weighted by molar-refractivity contribution is 0.0952. The van der Waals surface area contributed by atoms with Gasteiger partial charge in [0.2, 0.25) is 0 Å². The second kappa shape index (κ2) is 9.44. The molecule has 140 valence electrons. The molecule has 1 heterocycles. The Balaban J connectivity index is 1.42. The summed E-state index contributed by atoms with van der Waals surface area (Å²) in [5.41, 5.74) is 1.60. The highest BCUT2D eigenvalue weighted by atomic mass is 35.5. The molecular formula is C20H19Cl2N3O2. The normalized spacial score (nSPS) is 10.6. The zero-order valence-corrected chi connectivity index (χ0v) is 16.1. The molecule has 0 bridgehead atoms. The van der Waals surface area contributed by atoms with Crippen molar-refractivity contribution in [3.63, 3.8) is 0 Å². The van der Waals surface area contributed by atoms with E-state index >= 15 is 0 Å². The molecule has 0 aliphatic carbocycles. The molecule has 1 N–H and O–H groups in total. The zero-order valence-electron chi connectivity index (χ0n) is 14.6. The Kier molecular flexibility index (Phi) is 6.74. The third kappa shape index (κ3) is 6.01. The van der Waals surface area contributed by atoms with Crippen LogP contribution in [0.15, 0.2) is 60.9 Å². The Hall–Kier alpha value is -2.50. The van der Waals surface area contributed by atoms with Gasteiger partial charge in [-0.1, -0.05) is 35.3 Å². The van der Waals surface area contributed by atoms with Crippen LogP contribution < -0.4 is 10.1 Å². The number of amides is 1.